The van der Waals surface area contributed by atoms with E-state index >= 15 is 0 Å². The number of likely N-dealkylation sites (tertiary alicyclic amines) is 1. The van der Waals surface area contributed by atoms with Gasteiger partial charge in [0.1, 0.15) is 0 Å². The molecule has 1 N–H and O–H groups in total. The van der Waals surface area contributed by atoms with Crippen molar-refractivity contribution in [1.82, 2.24) is 9.80 Å². The molecule has 39 heavy (non-hydrogen) atoms. The number of nitrogens with zero attached hydrogens (tertiary/aromatic N) is 2. The topological polar surface area (TPSA) is 52.7 Å². The van der Waals surface area contributed by atoms with Crippen LogP contribution in [0.2, 0.25) is 0 Å². The van der Waals surface area contributed by atoms with Crippen molar-refractivity contribution >= 4 is 23.1 Å². The molecule has 1 saturated carbocycles. The summed E-state index contributed by atoms with van der Waals surface area (Å²) < 4.78 is 0. The van der Waals surface area contributed by atoms with Gasteiger partial charge in [0.2, 0.25) is 0 Å². The largest absolute Gasteiger partial charge is 0.355 e. The fraction of sp³-hybridized carbons (Fsp3) is 0.412. The lowest BCUT2D eigenvalue weighted by molar-refractivity contribution is 0.0659. The average Bonchev–Trinajstić information content (AvgIpc) is 3.67. The smallest absolute Gasteiger partial charge is 0.255 e. The summed E-state index contributed by atoms with van der Waals surface area (Å²) in [5, 5.41) is 3.44. The number of nitrogens with one attached hydrogen (secondary N) is 1. The summed E-state index contributed by atoms with van der Waals surface area (Å²) in [5.41, 5.74) is 6.04. The molecule has 2 fully saturated rings. The van der Waals surface area contributed by atoms with Gasteiger partial charge in [0.05, 0.1) is 11.3 Å². The zero-order chi connectivity index (χ0) is 26.8. The van der Waals surface area contributed by atoms with Crippen LogP contribution < -0.4 is 5.32 Å². The van der Waals surface area contributed by atoms with Gasteiger partial charge < -0.3 is 10.2 Å². The maximum absolute atomic E-state index is 13.8. The van der Waals surface area contributed by atoms with Gasteiger partial charge in [-0.2, -0.15) is 0 Å². The van der Waals surface area contributed by atoms with Crippen LogP contribution >= 0.6 is 0 Å². The predicted octanol–water partition coefficient (Wildman–Crippen LogP) is 7.04. The highest BCUT2D eigenvalue weighted by Gasteiger charge is 2.31. The van der Waals surface area contributed by atoms with Crippen molar-refractivity contribution in [2.24, 2.45) is 11.8 Å². The number of hydrogen-bond donors (Lipinski definition) is 1. The van der Waals surface area contributed by atoms with Gasteiger partial charge in [-0.3, -0.25) is 14.5 Å². The maximum Gasteiger partial charge on any atom is 0.255 e. The van der Waals surface area contributed by atoms with Crippen molar-refractivity contribution in [2.45, 2.75) is 58.5 Å². The Balaban J connectivity index is 1.24. The maximum atomic E-state index is 13.8. The molecule has 1 amide bonds. The van der Waals surface area contributed by atoms with Crippen molar-refractivity contribution in [3.8, 4) is 0 Å². The van der Waals surface area contributed by atoms with E-state index in [-0.39, 0.29) is 11.7 Å². The number of carbonyl (C=O) groups excluding carboxylic acids is 2. The van der Waals surface area contributed by atoms with Crippen LogP contribution in [0.25, 0.3) is 0 Å². The lowest BCUT2D eigenvalue weighted by Crippen LogP contribution is -2.40. The Kier molecular flexibility index (Phi) is 7.51. The van der Waals surface area contributed by atoms with Gasteiger partial charge in [0, 0.05) is 43.0 Å². The number of rotatable bonds is 7. The third-order valence-corrected chi connectivity index (χ3v) is 9.16. The number of piperidine rings is 1. The molecule has 5 heteroatoms. The van der Waals surface area contributed by atoms with E-state index in [9.17, 15) is 9.59 Å². The second-order valence-electron chi connectivity index (χ2n) is 11.5. The van der Waals surface area contributed by atoms with Crippen molar-refractivity contribution in [2.75, 3.05) is 25.0 Å². The fourth-order valence-electron chi connectivity index (χ4n) is 6.82. The molecule has 5 nitrogen and oxygen atoms in total. The summed E-state index contributed by atoms with van der Waals surface area (Å²) in [4.78, 5) is 31.8. The molecule has 0 atom stereocenters. The highest BCUT2D eigenvalue weighted by Crippen LogP contribution is 2.37. The quantitative estimate of drug-likeness (QED) is 0.339. The number of fused-ring (bicyclic) bond motifs is 1. The number of ketones is 1. The minimum Gasteiger partial charge on any atom is -0.355 e. The molecule has 0 radical (unpaired) electrons. The van der Waals surface area contributed by atoms with Gasteiger partial charge in [-0.15, -0.1) is 0 Å². The van der Waals surface area contributed by atoms with Gasteiger partial charge in [-0.1, -0.05) is 69.0 Å². The minimum atomic E-state index is -0.0137. The molecule has 1 saturated heterocycles. The monoisotopic (exact) mass is 521 g/mol. The second-order valence-corrected chi connectivity index (χ2v) is 11.5. The standard InChI is InChI=1S/C34H39N3O2/c1-2-36-22-28-13-12-26(20-29(28)23-36)33(38)27-14-15-31(32(21-27)35-30-10-4-3-5-11-30)34(39)37-18-16-25(17-19-37)24-8-6-7-9-24/h3-5,10-15,20-21,24-25,35H,2,6-9,16-19,22-23H2,1H3. The molecule has 3 aromatic rings. The summed E-state index contributed by atoms with van der Waals surface area (Å²) in [5.74, 6) is 1.65. The van der Waals surface area contributed by atoms with Crippen LogP contribution in [0.4, 0.5) is 11.4 Å². The zero-order valence-electron chi connectivity index (χ0n) is 23.0. The summed E-state index contributed by atoms with van der Waals surface area (Å²) in [6.45, 7) is 6.63. The van der Waals surface area contributed by atoms with Crippen LogP contribution in [0, 0.1) is 11.8 Å². The third kappa shape index (κ3) is 5.51. The Bertz CT molecular complexity index is 1340. The Hall–Kier alpha value is -3.44. The van der Waals surface area contributed by atoms with Gasteiger partial charge >= 0.3 is 0 Å². The molecule has 0 aromatic heterocycles. The lowest BCUT2D eigenvalue weighted by atomic mass is 9.83. The SMILES string of the molecule is CCN1Cc2ccc(C(=O)c3ccc(C(=O)N4CCC(C5CCCC5)CC4)c(Nc4ccccc4)c3)cc2C1. The Morgan fingerprint density at radius 3 is 2.21 bits per heavy atom. The van der Waals surface area contributed by atoms with Crippen molar-refractivity contribution < 1.29 is 9.59 Å². The van der Waals surface area contributed by atoms with Crippen LogP contribution in [-0.4, -0.2) is 41.1 Å². The first kappa shape index (κ1) is 25.8. The van der Waals surface area contributed by atoms with Gasteiger partial charge in [-0.25, -0.2) is 0 Å². The highest BCUT2D eigenvalue weighted by molar-refractivity contribution is 6.11. The Morgan fingerprint density at radius 2 is 1.46 bits per heavy atom. The number of hydrogen-bond acceptors (Lipinski definition) is 4. The van der Waals surface area contributed by atoms with E-state index < -0.39 is 0 Å². The first-order valence-corrected chi connectivity index (χ1v) is 14.7. The zero-order valence-corrected chi connectivity index (χ0v) is 23.0. The van der Waals surface area contributed by atoms with Gasteiger partial charge in [-0.05, 0) is 72.7 Å². The first-order valence-electron chi connectivity index (χ1n) is 14.7. The summed E-state index contributed by atoms with van der Waals surface area (Å²) in [7, 11) is 0. The van der Waals surface area contributed by atoms with Crippen LogP contribution in [0.5, 0.6) is 0 Å². The normalized spacial score (nSPS) is 18.3. The minimum absolute atomic E-state index is 0.0137. The van der Waals surface area contributed by atoms with Crippen LogP contribution in [-0.2, 0) is 13.1 Å². The summed E-state index contributed by atoms with van der Waals surface area (Å²) >= 11 is 0. The molecular formula is C34H39N3O2. The Morgan fingerprint density at radius 1 is 0.795 bits per heavy atom. The molecule has 3 aromatic carbocycles. The van der Waals surface area contributed by atoms with Gasteiger partial charge in [0.25, 0.3) is 5.91 Å². The number of anilines is 2. The molecular weight excluding hydrogens is 482 g/mol. The van der Waals surface area contributed by atoms with Crippen LogP contribution in [0.3, 0.4) is 0 Å². The average molecular weight is 522 g/mol. The summed E-state index contributed by atoms with van der Waals surface area (Å²) in [6.07, 6.45) is 7.66. The van der Waals surface area contributed by atoms with Crippen LogP contribution in [0.1, 0.15) is 82.9 Å². The highest BCUT2D eigenvalue weighted by atomic mass is 16.2. The molecule has 3 aliphatic rings. The van der Waals surface area contributed by atoms with E-state index in [1.54, 1.807) is 0 Å². The number of amides is 1. The van der Waals surface area contributed by atoms with E-state index in [0.29, 0.717) is 22.4 Å². The van der Waals surface area contributed by atoms with Gasteiger partial charge in [0.15, 0.2) is 5.78 Å². The van der Waals surface area contributed by atoms with Crippen molar-refractivity contribution in [3.63, 3.8) is 0 Å². The number of para-hydroxylation sites is 1. The molecule has 2 aliphatic heterocycles. The Labute approximate surface area is 232 Å². The van der Waals surface area contributed by atoms with Crippen molar-refractivity contribution in [3.05, 3.63) is 94.5 Å². The molecule has 2 heterocycles. The van der Waals surface area contributed by atoms with E-state index in [2.05, 4.69) is 23.2 Å². The number of carbonyl (C=O) groups is 2. The molecule has 0 spiro atoms. The first-order chi connectivity index (χ1) is 19.1. The predicted molar refractivity (Wildman–Crippen MR) is 156 cm³/mol. The molecule has 0 unspecified atom stereocenters. The number of benzene rings is 3. The lowest BCUT2D eigenvalue weighted by Gasteiger charge is -2.35. The molecule has 202 valence electrons. The van der Waals surface area contributed by atoms with E-state index in [1.165, 1.54) is 36.8 Å². The molecule has 1 aliphatic carbocycles. The summed E-state index contributed by atoms with van der Waals surface area (Å²) in [6, 6.07) is 21.5. The van der Waals surface area contributed by atoms with E-state index in [0.717, 1.165) is 63.1 Å². The van der Waals surface area contributed by atoms with Crippen LogP contribution in [0.15, 0.2) is 66.7 Å². The molecule has 0 bridgehead atoms. The fourth-order valence-corrected chi connectivity index (χ4v) is 6.82. The van der Waals surface area contributed by atoms with E-state index in [1.807, 2.05) is 65.6 Å². The van der Waals surface area contributed by atoms with E-state index in [4.69, 9.17) is 0 Å². The third-order valence-electron chi connectivity index (χ3n) is 9.16. The van der Waals surface area contributed by atoms with Crippen molar-refractivity contribution in [1.29, 1.82) is 0 Å². The second kappa shape index (κ2) is 11.4. The molecule has 6 rings (SSSR count).